The lowest BCUT2D eigenvalue weighted by atomic mass is 9.58. The third-order valence-corrected chi connectivity index (χ3v) is 4.96. The number of carbonyl (C=O) groups excluding carboxylic acids is 1. The van der Waals surface area contributed by atoms with Crippen LogP contribution in [0.1, 0.15) is 66.9 Å². The van der Waals surface area contributed by atoms with Crippen LogP contribution in [0.25, 0.3) is 6.08 Å². The summed E-state index contributed by atoms with van der Waals surface area (Å²) in [4.78, 5) is 23.5. The van der Waals surface area contributed by atoms with Crippen LogP contribution < -0.4 is 4.74 Å². The van der Waals surface area contributed by atoms with Crippen LogP contribution in [0, 0.1) is 10.8 Å². The molecular weight excluding hydrogens is 356 g/mol. The number of ether oxygens (including phenoxy) is 2. The Labute approximate surface area is 168 Å². The molecule has 5 heteroatoms. The molecule has 0 aliphatic heterocycles. The van der Waals surface area contributed by atoms with Crippen LogP contribution in [0.15, 0.2) is 29.8 Å². The average molecular weight is 391 g/mol. The highest BCUT2D eigenvalue weighted by molar-refractivity contribution is 5.90. The molecule has 28 heavy (non-hydrogen) atoms. The van der Waals surface area contributed by atoms with E-state index in [2.05, 4.69) is 0 Å². The van der Waals surface area contributed by atoms with Crippen LogP contribution in [-0.4, -0.2) is 29.8 Å². The van der Waals surface area contributed by atoms with E-state index in [0.29, 0.717) is 6.42 Å². The first kappa shape index (κ1) is 23.7. The Hall–Kier alpha value is -2.30. The summed E-state index contributed by atoms with van der Waals surface area (Å²) < 4.78 is 11.3. The molecule has 0 spiro atoms. The van der Waals surface area contributed by atoms with Gasteiger partial charge in [-0.1, -0.05) is 66.7 Å². The van der Waals surface area contributed by atoms with E-state index in [9.17, 15) is 9.59 Å². The molecule has 0 radical (unpaired) electrons. The number of rotatable bonds is 7. The predicted molar refractivity (Wildman–Crippen MR) is 111 cm³/mol. The highest BCUT2D eigenvalue weighted by Gasteiger charge is 2.56. The zero-order valence-corrected chi connectivity index (χ0v) is 18.4. The van der Waals surface area contributed by atoms with E-state index in [0.717, 1.165) is 16.9 Å². The fourth-order valence-electron chi connectivity index (χ4n) is 4.14. The van der Waals surface area contributed by atoms with Gasteiger partial charge in [0.15, 0.2) is 0 Å². The summed E-state index contributed by atoms with van der Waals surface area (Å²) in [6.45, 7) is 14.1. The summed E-state index contributed by atoms with van der Waals surface area (Å²) in [6.07, 6.45) is 2.03. The van der Waals surface area contributed by atoms with Gasteiger partial charge in [0, 0.05) is 10.8 Å². The summed E-state index contributed by atoms with van der Waals surface area (Å²) in [5.74, 6) is -1.16. The van der Waals surface area contributed by atoms with Crippen LogP contribution in [-0.2, 0) is 14.3 Å². The third kappa shape index (κ3) is 5.15. The van der Waals surface area contributed by atoms with Gasteiger partial charge < -0.3 is 14.6 Å². The lowest BCUT2D eigenvalue weighted by Gasteiger charge is -2.53. The normalized spacial score (nSPS) is 13.2. The molecule has 0 saturated carbocycles. The lowest BCUT2D eigenvalue weighted by molar-refractivity contribution is -0.187. The molecule has 0 atom stereocenters. The summed E-state index contributed by atoms with van der Waals surface area (Å²) >= 11 is 0. The van der Waals surface area contributed by atoms with E-state index in [4.69, 9.17) is 14.6 Å². The smallest absolute Gasteiger partial charge is 0.318 e. The van der Waals surface area contributed by atoms with Gasteiger partial charge in [-0.3, -0.25) is 9.59 Å². The summed E-state index contributed by atoms with van der Waals surface area (Å²) in [5.41, 5.74) is -0.0101. The molecular formula is C23H34O5. The van der Waals surface area contributed by atoms with Crippen molar-refractivity contribution in [1.82, 2.24) is 0 Å². The molecule has 1 aromatic carbocycles. The average Bonchev–Trinajstić information content (AvgIpc) is 2.55. The molecule has 156 valence electrons. The van der Waals surface area contributed by atoms with Crippen LogP contribution >= 0.6 is 0 Å². The Morgan fingerprint density at radius 1 is 1.00 bits per heavy atom. The molecule has 1 aromatic rings. The minimum atomic E-state index is -1.20. The van der Waals surface area contributed by atoms with E-state index in [1.165, 1.54) is 0 Å². The van der Waals surface area contributed by atoms with Crippen molar-refractivity contribution in [1.29, 1.82) is 0 Å². The molecule has 0 bridgehead atoms. The summed E-state index contributed by atoms with van der Waals surface area (Å²) in [5, 5.41) is 9.04. The molecule has 0 heterocycles. The van der Waals surface area contributed by atoms with Crippen LogP contribution in [0.4, 0.5) is 0 Å². The second-order valence-corrected chi connectivity index (χ2v) is 9.02. The Balaban J connectivity index is 3.62. The molecule has 0 unspecified atom stereocenters. The van der Waals surface area contributed by atoms with E-state index >= 15 is 0 Å². The fourth-order valence-corrected chi connectivity index (χ4v) is 4.14. The number of carbonyl (C=O) groups is 2. The molecule has 0 amide bonds. The van der Waals surface area contributed by atoms with Gasteiger partial charge >= 0.3 is 11.9 Å². The molecule has 0 fully saturated rings. The Morgan fingerprint density at radius 2 is 1.50 bits per heavy atom. The van der Waals surface area contributed by atoms with Gasteiger partial charge in [0.2, 0.25) is 0 Å². The van der Waals surface area contributed by atoms with Crippen molar-refractivity contribution < 1.29 is 24.2 Å². The van der Waals surface area contributed by atoms with Crippen molar-refractivity contribution in [3.63, 3.8) is 0 Å². The van der Waals surface area contributed by atoms with Crippen molar-refractivity contribution in [2.45, 2.75) is 66.9 Å². The first-order chi connectivity index (χ1) is 12.8. The highest BCUT2D eigenvalue weighted by atomic mass is 16.6. The number of hydrogen-bond acceptors (Lipinski definition) is 4. The molecule has 0 saturated heterocycles. The number of esters is 1. The molecule has 0 aliphatic carbocycles. The maximum atomic E-state index is 12.5. The van der Waals surface area contributed by atoms with Gasteiger partial charge in [-0.15, -0.1) is 0 Å². The first-order valence-corrected chi connectivity index (χ1v) is 9.57. The minimum absolute atomic E-state index is 0.465. The van der Waals surface area contributed by atoms with Crippen LogP contribution in [0.2, 0.25) is 0 Å². The van der Waals surface area contributed by atoms with E-state index in [1.54, 1.807) is 7.11 Å². The van der Waals surface area contributed by atoms with Crippen molar-refractivity contribution in [2.24, 2.45) is 10.8 Å². The number of methoxy groups -OCH3 is 1. The third-order valence-electron chi connectivity index (χ3n) is 4.96. The number of carboxylic acid groups (broad SMARTS) is 1. The molecule has 0 aliphatic rings. The molecule has 0 aromatic heterocycles. The molecule has 1 N–H and O–H groups in total. The first-order valence-electron chi connectivity index (χ1n) is 9.57. The Morgan fingerprint density at radius 3 is 1.86 bits per heavy atom. The summed E-state index contributed by atoms with van der Waals surface area (Å²) in [7, 11) is 1.62. The van der Waals surface area contributed by atoms with Gasteiger partial charge in [0.25, 0.3) is 0 Å². The van der Waals surface area contributed by atoms with Gasteiger partial charge in [-0.2, -0.15) is 0 Å². The van der Waals surface area contributed by atoms with Crippen molar-refractivity contribution in [2.75, 3.05) is 7.11 Å². The zero-order chi connectivity index (χ0) is 21.8. The number of hydrogen-bond donors (Lipinski definition) is 1. The fraction of sp³-hybridized carbons (Fsp3) is 0.565. The van der Waals surface area contributed by atoms with Crippen molar-refractivity contribution in [3.8, 4) is 5.75 Å². The second-order valence-electron chi connectivity index (χ2n) is 9.02. The maximum absolute atomic E-state index is 12.5. The number of carboxylic acids is 1. The second kappa shape index (κ2) is 8.80. The quantitative estimate of drug-likeness (QED) is 0.503. The largest absolute Gasteiger partial charge is 0.497 e. The van der Waals surface area contributed by atoms with Gasteiger partial charge in [0.1, 0.15) is 17.8 Å². The van der Waals surface area contributed by atoms with Gasteiger partial charge in [-0.05, 0) is 29.7 Å². The standard InChI is InChI=1S/C23H34O5/c1-9-17(14-16-10-12-18(27-8)13-11-16)23(21(2,3)4,22(5,6)7)28-20(26)15-19(24)25/h10-14H,9,15H2,1-8H3,(H,24,25). The SMILES string of the molecule is CCC(=Cc1ccc(OC)cc1)C(OC(=O)CC(=O)O)(C(C)(C)C)C(C)(C)C. The Kier molecular flexibility index (Phi) is 7.46. The Bertz CT molecular complexity index is 701. The van der Waals surface area contributed by atoms with E-state index < -0.39 is 34.8 Å². The van der Waals surface area contributed by atoms with Crippen molar-refractivity contribution >= 4 is 18.0 Å². The van der Waals surface area contributed by atoms with Gasteiger partial charge in [-0.25, -0.2) is 0 Å². The topological polar surface area (TPSA) is 72.8 Å². The van der Waals surface area contributed by atoms with Crippen LogP contribution in [0.3, 0.4) is 0 Å². The monoisotopic (exact) mass is 390 g/mol. The minimum Gasteiger partial charge on any atom is -0.497 e. The van der Waals surface area contributed by atoms with Gasteiger partial charge in [0.05, 0.1) is 7.11 Å². The number of benzene rings is 1. The van der Waals surface area contributed by atoms with Crippen LogP contribution in [0.5, 0.6) is 5.75 Å². The molecule has 5 nitrogen and oxygen atoms in total. The number of aliphatic carboxylic acids is 1. The zero-order valence-electron chi connectivity index (χ0n) is 18.4. The summed E-state index contributed by atoms with van der Waals surface area (Å²) in [6, 6.07) is 7.66. The molecule has 1 rings (SSSR count). The van der Waals surface area contributed by atoms with Crippen molar-refractivity contribution in [3.05, 3.63) is 35.4 Å². The maximum Gasteiger partial charge on any atom is 0.318 e. The highest BCUT2D eigenvalue weighted by Crippen LogP contribution is 2.53. The van der Waals surface area contributed by atoms with E-state index in [-0.39, 0.29) is 0 Å². The predicted octanol–water partition coefficient (Wildman–Crippen LogP) is 5.34. The van der Waals surface area contributed by atoms with E-state index in [1.807, 2.05) is 78.8 Å². The lowest BCUT2D eigenvalue weighted by Crippen LogP contribution is -2.57.